The number of hydrogen-bond acceptors (Lipinski definition) is 2. The van der Waals surface area contributed by atoms with Gasteiger partial charge in [0.25, 0.3) is 0 Å². The second-order valence-corrected chi connectivity index (χ2v) is 3.31. The van der Waals surface area contributed by atoms with Gasteiger partial charge < -0.3 is 9.80 Å². The standard InChI is InChI=1S/C11H14N2/c1-12-7-9-13(10-8-12)11-5-3-2-4-6-11/h2-7,9H,8,10H2,1H3. The second kappa shape index (κ2) is 3.52. The van der Waals surface area contributed by atoms with Gasteiger partial charge >= 0.3 is 0 Å². The molecule has 68 valence electrons. The smallest absolute Gasteiger partial charge is 0.0407 e. The van der Waals surface area contributed by atoms with Crippen LogP contribution in [0.1, 0.15) is 0 Å². The van der Waals surface area contributed by atoms with Crippen LogP contribution in [-0.2, 0) is 0 Å². The van der Waals surface area contributed by atoms with Crippen LogP contribution < -0.4 is 4.90 Å². The maximum absolute atomic E-state index is 2.26. The summed E-state index contributed by atoms with van der Waals surface area (Å²) < 4.78 is 0. The van der Waals surface area contributed by atoms with Gasteiger partial charge in [0.1, 0.15) is 0 Å². The quantitative estimate of drug-likeness (QED) is 0.641. The van der Waals surface area contributed by atoms with E-state index in [0.29, 0.717) is 0 Å². The third kappa shape index (κ3) is 1.83. The van der Waals surface area contributed by atoms with E-state index in [9.17, 15) is 0 Å². The average Bonchev–Trinajstić information content (AvgIpc) is 2.20. The Kier molecular flexibility index (Phi) is 2.21. The summed E-state index contributed by atoms with van der Waals surface area (Å²) in [6, 6.07) is 10.5. The minimum atomic E-state index is 1.07. The molecular weight excluding hydrogens is 160 g/mol. The van der Waals surface area contributed by atoms with E-state index in [1.807, 2.05) is 6.07 Å². The highest BCUT2D eigenvalue weighted by molar-refractivity contribution is 5.49. The fourth-order valence-corrected chi connectivity index (χ4v) is 1.44. The van der Waals surface area contributed by atoms with Crippen molar-refractivity contribution in [1.82, 2.24) is 4.90 Å². The number of benzene rings is 1. The van der Waals surface area contributed by atoms with Crippen LogP contribution in [0.5, 0.6) is 0 Å². The third-order valence-electron chi connectivity index (χ3n) is 2.28. The van der Waals surface area contributed by atoms with E-state index in [2.05, 4.69) is 53.5 Å². The van der Waals surface area contributed by atoms with E-state index in [4.69, 9.17) is 0 Å². The number of para-hydroxylation sites is 1. The molecule has 2 rings (SSSR count). The molecule has 2 heteroatoms. The Morgan fingerprint density at radius 1 is 1.00 bits per heavy atom. The van der Waals surface area contributed by atoms with Crippen LogP contribution in [0.2, 0.25) is 0 Å². The monoisotopic (exact) mass is 174 g/mol. The molecule has 0 atom stereocenters. The normalized spacial score (nSPS) is 16.4. The van der Waals surface area contributed by atoms with Crippen molar-refractivity contribution in [3.63, 3.8) is 0 Å². The van der Waals surface area contributed by atoms with Gasteiger partial charge in [-0.05, 0) is 12.1 Å². The van der Waals surface area contributed by atoms with Crippen LogP contribution in [0, 0.1) is 0 Å². The molecule has 0 saturated heterocycles. The molecule has 0 spiro atoms. The third-order valence-corrected chi connectivity index (χ3v) is 2.28. The Morgan fingerprint density at radius 2 is 1.77 bits per heavy atom. The fraction of sp³-hybridized carbons (Fsp3) is 0.273. The van der Waals surface area contributed by atoms with Crippen LogP contribution in [-0.4, -0.2) is 25.0 Å². The minimum Gasteiger partial charge on any atom is -0.377 e. The van der Waals surface area contributed by atoms with Crippen molar-refractivity contribution < 1.29 is 0 Å². The Balaban J connectivity index is 2.15. The molecule has 0 bridgehead atoms. The highest BCUT2D eigenvalue weighted by Gasteiger charge is 2.07. The summed E-state index contributed by atoms with van der Waals surface area (Å²) in [5.74, 6) is 0. The summed E-state index contributed by atoms with van der Waals surface area (Å²) in [4.78, 5) is 4.46. The first kappa shape index (κ1) is 8.17. The van der Waals surface area contributed by atoms with Crippen molar-refractivity contribution >= 4 is 5.69 Å². The largest absolute Gasteiger partial charge is 0.377 e. The fourth-order valence-electron chi connectivity index (χ4n) is 1.44. The molecule has 0 radical (unpaired) electrons. The Morgan fingerprint density at radius 3 is 2.38 bits per heavy atom. The molecule has 0 N–H and O–H groups in total. The molecule has 1 aliphatic heterocycles. The number of rotatable bonds is 1. The van der Waals surface area contributed by atoms with Gasteiger partial charge in [-0.15, -0.1) is 0 Å². The van der Waals surface area contributed by atoms with E-state index >= 15 is 0 Å². The Labute approximate surface area is 79.1 Å². The molecule has 0 saturated carbocycles. The van der Waals surface area contributed by atoms with Gasteiger partial charge in [-0.25, -0.2) is 0 Å². The molecule has 1 aromatic rings. The summed E-state index contributed by atoms with van der Waals surface area (Å²) in [7, 11) is 2.10. The van der Waals surface area contributed by atoms with Crippen molar-refractivity contribution in [3.05, 3.63) is 42.7 Å². The van der Waals surface area contributed by atoms with E-state index in [0.717, 1.165) is 13.1 Å². The molecule has 1 heterocycles. The summed E-state index contributed by atoms with van der Waals surface area (Å²) in [5, 5.41) is 0. The van der Waals surface area contributed by atoms with E-state index in [-0.39, 0.29) is 0 Å². The van der Waals surface area contributed by atoms with Gasteiger partial charge in [0.05, 0.1) is 0 Å². The summed E-state index contributed by atoms with van der Waals surface area (Å²) in [6.07, 6.45) is 4.23. The highest BCUT2D eigenvalue weighted by Crippen LogP contribution is 2.15. The van der Waals surface area contributed by atoms with Gasteiger partial charge in [-0.2, -0.15) is 0 Å². The molecule has 0 unspecified atom stereocenters. The van der Waals surface area contributed by atoms with E-state index in [1.54, 1.807) is 0 Å². The first-order valence-corrected chi connectivity index (χ1v) is 4.56. The lowest BCUT2D eigenvalue weighted by atomic mass is 10.3. The zero-order chi connectivity index (χ0) is 9.10. The Bertz CT molecular complexity index is 292. The minimum absolute atomic E-state index is 1.07. The predicted octanol–water partition coefficient (Wildman–Crippen LogP) is 1.91. The highest BCUT2D eigenvalue weighted by atomic mass is 15.2. The van der Waals surface area contributed by atoms with Gasteiger partial charge in [-0.1, -0.05) is 18.2 Å². The molecular formula is C11H14N2. The summed E-state index contributed by atoms with van der Waals surface area (Å²) >= 11 is 0. The average molecular weight is 174 g/mol. The predicted molar refractivity (Wildman–Crippen MR) is 55.6 cm³/mol. The van der Waals surface area contributed by atoms with Crippen molar-refractivity contribution in [2.75, 3.05) is 25.0 Å². The van der Waals surface area contributed by atoms with Gasteiger partial charge in [0.2, 0.25) is 0 Å². The molecule has 2 nitrogen and oxygen atoms in total. The van der Waals surface area contributed by atoms with Crippen LogP contribution in [0.25, 0.3) is 0 Å². The molecule has 1 aromatic carbocycles. The molecule has 0 aromatic heterocycles. The number of anilines is 1. The van der Waals surface area contributed by atoms with Crippen molar-refractivity contribution in [2.45, 2.75) is 0 Å². The van der Waals surface area contributed by atoms with Crippen molar-refractivity contribution in [3.8, 4) is 0 Å². The van der Waals surface area contributed by atoms with Crippen molar-refractivity contribution in [1.29, 1.82) is 0 Å². The number of hydrogen-bond donors (Lipinski definition) is 0. The molecule has 0 amide bonds. The Hall–Kier alpha value is -1.44. The maximum atomic E-state index is 2.26. The van der Waals surface area contributed by atoms with Crippen LogP contribution in [0.3, 0.4) is 0 Å². The molecule has 1 aliphatic rings. The SMILES string of the molecule is CN1C=CN(c2ccccc2)CC1. The lowest BCUT2D eigenvalue weighted by Gasteiger charge is -2.28. The number of likely N-dealkylation sites (N-methyl/N-ethyl adjacent to an activating group) is 1. The van der Waals surface area contributed by atoms with E-state index < -0.39 is 0 Å². The van der Waals surface area contributed by atoms with E-state index in [1.165, 1.54) is 5.69 Å². The molecule has 0 fully saturated rings. The first-order chi connectivity index (χ1) is 6.36. The summed E-state index contributed by atoms with van der Waals surface area (Å²) in [6.45, 7) is 2.16. The van der Waals surface area contributed by atoms with Gasteiger partial charge in [-0.3, -0.25) is 0 Å². The van der Waals surface area contributed by atoms with Crippen LogP contribution in [0.15, 0.2) is 42.7 Å². The molecule has 13 heavy (non-hydrogen) atoms. The van der Waals surface area contributed by atoms with Crippen LogP contribution >= 0.6 is 0 Å². The lowest BCUT2D eigenvalue weighted by Crippen LogP contribution is -2.32. The van der Waals surface area contributed by atoms with Gasteiger partial charge in [0.15, 0.2) is 0 Å². The maximum Gasteiger partial charge on any atom is 0.0407 e. The number of nitrogens with zero attached hydrogens (tertiary/aromatic N) is 2. The van der Waals surface area contributed by atoms with Crippen LogP contribution in [0.4, 0.5) is 5.69 Å². The molecule has 0 aliphatic carbocycles. The zero-order valence-corrected chi connectivity index (χ0v) is 7.85. The van der Waals surface area contributed by atoms with Gasteiger partial charge in [0, 0.05) is 38.2 Å². The zero-order valence-electron chi connectivity index (χ0n) is 7.85. The topological polar surface area (TPSA) is 6.48 Å². The first-order valence-electron chi connectivity index (χ1n) is 4.56. The van der Waals surface area contributed by atoms with Crippen molar-refractivity contribution in [2.24, 2.45) is 0 Å². The summed E-state index contributed by atoms with van der Waals surface area (Å²) in [5.41, 5.74) is 1.27. The second-order valence-electron chi connectivity index (χ2n) is 3.31. The lowest BCUT2D eigenvalue weighted by molar-refractivity contribution is 0.446.